The van der Waals surface area contributed by atoms with Crippen LogP contribution in [0.2, 0.25) is 0 Å². The topological polar surface area (TPSA) is 59.6 Å². The van der Waals surface area contributed by atoms with Crippen molar-refractivity contribution < 1.29 is 4.74 Å². The van der Waals surface area contributed by atoms with E-state index in [1.165, 1.54) is 38.5 Å². The first-order chi connectivity index (χ1) is 9.43. The van der Waals surface area contributed by atoms with E-state index in [1.54, 1.807) is 7.11 Å². The number of nitrogens with two attached hydrogens (primary N) is 1. The summed E-state index contributed by atoms with van der Waals surface area (Å²) in [4.78, 5) is 4.74. The highest BCUT2D eigenvalue weighted by atomic mass is 16.5. The van der Waals surface area contributed by atoms with Crippen LogP contribution < -0.4 is 11.3 Å². The second kappa shape index (κ2) is 4.70. The average molecular weight is 279 g/mol. The lowest BCUT2D eigenvalue weighted by atomic mass is 9.40. The fourth-order valence-corrected chi connectivity index (χ4v) is 6.33. The van der Waals surface area contributed by atoms with Crippen molar-refractivity contribution in [3.05, 3.63) is 0 Å². The van der Waals surface area contributed by atoms with Gasteiger partial charge in [0.25, 0.3) is 0 Å². The minimum atomic E-state index is 0.200. The van der Waals surface area contributed by atoms with Crippen LogP contribution in [0.25, 0.3) is 0 Å². The third-order valence-corrected chi connectivity index (χ3v) is 5.83. The predicted molar refractivity (Wildman–Crippen MR) is 81.3 cm³/mol. The molecule has 20 heavy (non-hydrogen) atoms. The van der Waals surface area contributed by atoms with E-state index in [1.807, 2.05) is 0 Å². The third kappa shape index (κ3) is 2.27. The zero-order valence-corrected chi connectivity index (χ0v) is 13.2. The van der Waals surface area contributed by atoms with Crippen LogP contribution in [0.1, 0.15) is 52.4 Å². The van der Waals surface area contributed by atoms with Gasteiger partial charge >= 0.3 is 0 Å². The van der Waals surface area contributed by atoms with Gasteiger partial charge in [-0.2, -0.15) is 0 Å². The molecule has 4 aliphatic carbocycles. The van der Waals surface area contributed by atoms with Crippen molar-refractivity contribution in [1.82, 2.24) is 5.43 Å². The van der Waals surface area contributed by atoms with Crippen LogP contribution in [0.15, 0.2) is 4.99 Å². The second-order valence-corrected chi connectivity index (χ2v) is 8.28. The van der Waals surface area contributed by atoms with E-state index in [9.17, 15) is 0 Å². The van der Waals surface area contributed by atoms with Crippen molar-refractivity contribution >= 4 is 5.84 Å². The van der Waals surface area contributed by atoms with Crippen LogP contribution in [-0.4, -0.2) is 26.1 Å². The molecule has 4 saturated carbocycles. The van der Waals surface area contributed by atoms with Gasteiger partial charge in [-0.05, 0) is 55.3 Å². The summed E-state index contributed by atoms with van der Waals surface area (Å²) in [6.07, 6.45) is 7.97. The zero-order valence-electron chi connectivity index (χ0n) is 13.2. The molecule has 4 rings (SSSR count). The van der Waals surface area contributed by atoms with Crippen LogP contribution in [0.5, 0.6) is 0 Å². The molecule has 0 spiro atoms. The van der Waals surface area contributed by atoms with Crippen LogP contribution in [-0.2, 0) is 4.74 Å². The number of rotatable bonds is 4. The van der Waals surface area contributed by atoms with E-state index >= 15 is 0 Å². The number of hydrogen-bond acceptors (Lipinski definition) is 3. The number of hydrogen-bond donors (Lipinski definition) is 2. The highest BCUT2D eigenvalue weighted by molar-refractivity contribution is 5.88. The molecule has 114 valence electrons. The van der Waals surface area contributed by atoms with Crippen molar-refractivity contribution in [1.29, 1.82) is 0 Å². The molecule has 4 nitrogen and oxygen atoms in total. The number of ether oxygens (including phenoxy) is 1. The van der Waals surface area contributed by atoms with E-state index in [4.69, 9.17) is 15.6 Å². The Morgan fingerprint density at radius 1 is 1.20 bits per heavy atom. The molecule has 0 heterocycles. The molecular formula is C16H29N3O. The summed E-state index contributed by atoms with van der Waals surface area (Å²) < 4.78 is 5.12. The van der Waals surface area contributed by atoms with Gasteiger partial charge in [-0.15, -0.1) is 0 Å². The Morgan fingerprint density at radius 3 is 2.35 bits per heavy atom. The van der Waals surface area contributed by atoms with Crippen molar-refractivity contribution in [3.63, 3.8) is 0 Å². The van der Waals surface area contributed by atoms with Gasteiger partial charge in [0.05, 0.1) is 13.2 Å². The van der Waals surface area contributed by atoms with Crippen LogP contribution >= 0.6 is 0 Å². The predicted octanol–water partition coefficient (Wildman–Crippen LogP) is 2.49. The molecule has 0 aromatic heterocycles. The van der Waals surface area contributed by atoms with E-state index in [0.717, 1.165) is 11.8 Å². The molecule has 2 unspecified atom stereocenters. The highest BCUT2D eigenvalue weighted by Crippen LogP contribution is 2.69. The Kier molecular flexibility index (Phi) is 3.37. The van der Waals surface area contributed by atoms with Crippen LogP contribution in [0, 0.1) is 22.2 Å². The smallest absolute Gasteiger partial charge is 0.117 e. The Balaban J connectivity index is 1.89. The van der Waals surface area contributed by atoms with Crippen molar-refractivity contribution in [3.8, 4) is 0 Å². The highest BCUT2D eigenvalue weighted by Gasteiger charge is 2.61. The second-order valence-electron chi connectivity index (χ2n) is 8.28. The minimum Gasteiger partial charge on any atom is -0.383 e. The third-order valence-electron chi connectivity index (χ3n) is 5.83. The largest absolute Gasteiger partial charge is 0.383 e. The summed E-state index contributed by atoms with van der Waals surface area (Å²) in [7, 11) is 1.72. The minimum absolute atomic E-state index is 0.200. The van der Waals surface area contributed by atoms with Gasteiger partial charge in [-0.25, -0.2) is 5.84 Å². The number of hydrazine groups is 1. The van der Waals surface area contributed by atoms with E-state index < -0.39 is 0 Å². The summed E-state index contributed by atoms with van der Waals surface area (Å²) in [5.41, 5.74) is 4.13. The van der Waals surface area contributed by atoms with Gasteiger partial charge in [0.15, 0.2) is 0 Å². The van der Waals surface area contributed by atoms with E-state index in [-0.39, 0.29) is 5.41 Å². The first-order valence-corrected chi connectivity index (χ1v) is 7.93. The van der Waals surface area contributed by atoms with Gasteiger partial charge < -0.3 is 10.2 Å². The number of amidine groups is 1. The summed E-state index contributed by atoms with van der Waals surface area (Å²) in [5.74, 6) is 7.74. The summed E-state index contributed by atoms with van der Waals surface area (Å²) >= 11 is 0. The molecule has 0 amide bonds. The van der Waals surface area contributed by atoms with Crippen molar-refractivity contribution in [2.45, 2.75) is 52.4 Å². The Hall–Kier alpha value is -0.610. The Labute approximate surface area is 122 Å². The Bertz CT molecular complexity index is 402. The molecule has 0 aliphatic heterocycles. The quantitative estimate of drug-likeness (QED) is 0.273. The fourth-order valence-electron chi connectivity index (χ4n) is 6.33. The zero-order chi connectivity index (χ0) is 14.4. The lowest BCUT2D eigenvalue weighted by molar-refractivity contribution is -0.117. The summed E-state index contributed by atoms with van der Waals surface area (Å²) in [6.45, 7) is 6.33. The monoisotopic (exact) mass is 279 g/mol. The van der Waals surface area contributed by atoms with Gasteiger partial charge in [0.2, 0.25) is 0 Å². The molecule has 2 atom stereocenters. The molecule has 0 radical (unpaired) electrons. The maximum absolute atomic E-state index is 5.84. The van der Waals surface area contributed by atoms with Gasteiger partial charge in [0, 0.05) is 12.5 Å². The average Bonchev–Trinajstić information content (AvgIpc) is 2.29. The van der Waals surface area contributed by atoms with E-state index in [2.05, 4.69) is 19.3 Å². The number of methoxy groups -OCH3 is 1. The maximum Gasteiger partial charge on any atom is 0.117 e. The molecule has 3 N–H and O–H groups in total. The van der Waals surface area contributed by atoms with Crippen molar-refractivity contribution in [2.75, 3.05) is 20.3 Å². The maximum atomic E-state index is 5.84. The number of nitrogens with one attached hydrogen (secondary N) is 1. The molecular weight excluding hydrogens is 250 g/mol. The summed E-state index contributed by atoms with van der Waals surface area (Å²) in [6, 6.07) is 0. The molecule has 4 heteroatoms. The van der Waals surface area contributed by atoms with E-state index in [0.29, 0.717) is 24.0 Å². The first-order valence-electron chi connectivity index (χ1n) is 7.93. The van der Waals surface area contributed by atoms with Gasteiger partial charge in [-0.3, -0.25) is 4.99 Å². The summed E-state index contributed by atoms with van der Waals surface area (Å²) in [5, 5.41) is 0. The molecule has 4 bridgehead atoms. The molecule has 4 aliphatic rings. The number of aliphatic imine (C=N–C) groups is 1. The van der Waals surface area contributed by atoms with Gasteiger partial charge in [0.1, 0.15) is 5.84 Å². The standard InChI is InChI=1S/C16H29N3O/c1-14-6-12-7-15(2,9-14)11-16(8-12,10-14)13(19-17)18-4-5-20-3/h12H,4-11,17H2,1-3H3,(H,18,19). The normalized spacial score (nSPS) is 46.8. The lowest BCUT2D eigenvalue weighted by Gasteiger charge is -2.65. The van der Waals surface area contributed by atoms with Crippen molar-refractivity contribution in [2.24, 2.45) is 33.0 Å². The van der Waals surface area contributed by atoms with Crippen LogP contribution in [0.4, 0.5) is 0 Å². The Morgan fingerprint density at radius 2 is 1.85 bits per heavy atom. The molecule has 4 fully saturated rings. The SMILES string of the molecule is COCCN=C(NN)C12CC3CC(C)(CC(C)(C3)C1)C2. The molecule has 0 aromatic rings. The van der Waals surface area contributed by atoms with Gasteiger partial charge in [-0.1, -0.05) is 13.8 Å². The van der Waals surface area contributed by atoms with Crippen LogP contribution in [0.3, 0.4) is 0 Å². The lowest BCUT2D eigenvalue weighted by Crippen LogP contribution is -2.60. The number of nitrogens with zero attached hydrogens (tertiary/aromatic N) is 1. The molecule has 0 saturated heterocycles. The first kappa shape index (κ1) is 14.3. The fraction of sp³-hybridized carbons (Fsp3) is 0.938. The molecule has 0 aromatic carbocycles.